The van der Waals surface area contributed by atoms with Gasteiger partial charge in [-0.05, 0) is 37.8 Å². The second-order valence-corrected chi connectivity index (χ2v) is 11.8. The first-order valence-corrected chi connectivity index (χ1v) is 15.0. The van der Waals surface area contributed by atoms with Crippen molar-refractivity contribution in [2.45, 2.75) is 44.2 Å². The Labute approximate surface area is 244 Å². The van der Waals surface area contributed by atoms with E-state index < -0.39 is 0 Å². The molecule has 0 radical (unpaired) electrons. The van der Waals surface area contributed by atoms with E-state index in [2.05, 4.69) is 41.0 Å². The van der Waals surface area contributed by atoms with E-state index in [1.165, 1.54) is 0 Å². The third-order valence-electron chi connectivity index (χ3n) is 7.52. The van der Waals surface area contributed by atoms with Crippen LogP contribution >= 0.6 is 11.3 Å². The first-order chi connectivity index (χ1) is 20.0. The van der Waals surface area contributed by atoms with E-state index in [0.717, 1.165) is 69.1 Å². The number of rotatable bonds is 8. The average molecular weight is 563 g/mol. The van der Waals surface area contributed by atoms with Gasteiger partial charge in [-0.15, -0.1) is 11.3 Å². The second kappa shape index (κ2) is 12.1. The highest BCUT2D eigenvalue weighted by atomic mass is 32.1. The maximum Gasteiger partial charge on any atom is 0.225 e. The highest BCUT2D eigenvalue weighted by Gasteiger charge is 2.25. The van der Waals surface area contributed by atoms with Gasteiger partial charge in [-0.2, -0.15) is 4.98 Å². The molecule has 2 N–H and O–H groups in total. The summed E-state index contributed by atoms with van der Waals surface area (Å²) >= 11 is 1.60. The second-order valence-electron chi connectivity index (χ2n) is 10.7. The fourth-order valence-electron chi connectivity index (χ4n) is 5.45. The number of carbonyl (C=O) groups is 1. The first-order valence-electron chi connectivity index (χ1n) is 14.1. The Hall–Kier alpha value is -4.30. The number of nitrogens with zero attached hydrogens (tertiary/aromatic N) is 4. The van der Waals surface area contributed by atoms with Crippen LogP contribution in [0.1, 0.15) is 30.6 Å². The lowest BCUT2D eigenvalue weighted by atomic mass is 9.91. The van der Waals surface area contributed by atoms with Crippen LogP contribution in [0, 0.1) is 0 Å². The van der Waals surface area contributed by atoms with E-state index in [0.29, 0.717) is 12.4 Å². The highest BCUT2D eigenvalue weighted by molar-refractivity contribution is 7.15. The molecule has 1 aliphatic rings. The zero-order chi connectivity index (χ0) is 28.2. The molecule has 0 bridgehead atoms. The number of nitrogens with one attached hydrogen (secondary N) is 2. The molecule has 0 atom stereocenters. The summed E-state index contributed by atoms with van der Waals surface area (Å²) in [5.41, 5.74) is 3.93. The predicted molar refractivity (Wildman–Crippen MR) is 168 cm³/mol. The van der Waals surface area contributed by atoms with Gasteiger partial charge in [0.05, 0.1) is 17.6 Å². The average Bonchev–Trinajstić information content (AvgIpc) is 3.42. The molecule has 41 heavy (non-hydrogen) atoms. The third kappa shape index (κ3) is 6.23. The maximum atomic E-state index is 13.2. The van der Waals surface area contributed by atoms with Crippen LogP contribution in [-0.4, -0.2) is 47.0 Å². The van der Waals surface area contributed by atoms with Crippen molar-refractivity contribution in [2.75, 3.05) is 24.3 Å². The molecule has 8 heteroatoms. The van der Waals surface area contributed by atoms with Crippen molar-refractivity contribution in [2.24, 2.45) is 0 Å². The molecular formula is C33H34N6OS. The summed E-state index contributed by atoms with van der Waals surface area (Å²) < 4.78 is 0. The number of anilines is 2. The number of para-hydroxylation sites is 1. The fourth-order valence-corrected chi connectivity index (χ4v) is 6.54. The zero-order valence-electron chi connectivity index (χ0n) is 23.4. The van der Waals surface area contributed by atoms with Crippen LogP contribution in [-0.2, 0) is 11.2 Å². The van der Waals surface area contributed by atoms with Gasteiger partial charge in [-0.25, -0.2) is 9.97 Å². The molecule has 7 nitrogen and oxygen atoms in total. The molecule has 5 aromatic rings. The molecule has 1 fully saturated rings. The molecule has 1 saturated carbocycles. The van der Waals surface area contributed by atoms with Gasteiger partial charge in [-0.3, -0.25) is 4.79 Å². The van der Waals surface area contributed by atoms with Crippen LogP contribution in [0.2, 0.25) is 0 Å². The Morgan fingerprint density at radius 3 is 2.15 bits per heavy atom. The van der Waals surface area contributed by atoms with E-state index in [1.807, 2.05) is 73.6 Å². The van der Waals surface area contributed by atoms with Crippen LogP contribution in [0.5, 0.6) is 0 Å². The Bertz CT molecular complexity index is 1630. The molecule has 1 aliphatic carbocycles. The van der Waals surface area contributed by atoms with Gasteiger partial charge < -0.3 is 15.5 Å². The lowest BCUT2D eigenvalue weighted by molar-refractivity contribution is -0.121. The topological polar surface area (TPSA) is 83.0 Å². The SMILES string of the molecule is CN(C)c1nc(N[C@H]2CC[C@@H](NC(=O)Cc3sc(-c4ccccc4)nc3-c3ccccc3)CC2)nc2ccccc12. The maximum absolute atomic E-state index is 13.2. The standard InChI is InChI=1S/C33H34N6OS/c1-39(2)31-26-15-9-10-16-27(26)36-33(38-31)35-25-19-17-24(18-20-25)34-29(40)21-28-30(22-11-5-3-6-12-22)37-32(41-28)23-13-7-4-8-14-23/h3-16,24-25H,17-21H2,1-2H3,(H,34,40)(H,35,36,38)/t24-,25+. The summed E-state index contributed by atoms with van der Waals surface area (Å²) in [5.74, 6) is 1.62. The zero-order valence-corrected chi connectivity index (χ0v) is 24.2. The van der Waals surface area contributed by atoms with E-state index >= 15 is 0 Å². The number of amides is 1. The summed E-state index contributed by atoms with van der Waals surface area (Å²) in [6, 6.07) is 28.8. The minimum absolute atomic E-state index is 0.0512. The molecule has 3 aromatic carbocycles. The Morgan fingerprint density at radius 2 is 1.44 bits per heavy atom. The Morgan fingerprint density at radius 1 is 0.805 bits per heavy atom. The number of thiazole rings is 1. The monoisotopic (exact) mass is 562 g/mol. The first kappa shape index (κ1) is 26.9. The summed E-state index contributed by atoms with van der Waals surface area (Å²) in [6.07, 6.45) is 4.06. The normalized spacial score (nSPS) is 16.8. The van der Waals surface area contributed by atoms with Crippen molar-refractivity contribution in [1.29, 1.82) is 0 Å². The molecule has 2 aromatic heterocycles. The highest BCUT2D eigenvalue weighted by Crippen LogP contribution is 2.34. The summed E-state index contributed by atoms with van der Waals surface area (Å²) in [4.78, 5) is 30.8. The number of hydrogen-bond donors (Lipinski definition) is 2. The minimum atomic E-state index is 0.0512. The molecule has 208 valence electrons. The molecular weight excluding hydrogens is 528 g/mol. The Balaban J connectivity index is 1.09. The number of aromatic nitrogens is 3. The lowest BCUT2D eigenvalue weighted by Crippen LogP contribution is -2.40. The van der Waals surface area contributed by atoms with Gasteiger partial charge in [0.2, 0.25) is 11.9 Å². The quantitative estimate of drug-likeness (QED) is 0.223. The van der Waals surface area contributed by atoms with Crippen LogP contribution in [0.25, 0.3) is 32.7 Å². The van der Waals surface area contributed by atoms with Crippen LogP contribution in [0.4, 0.5) is 11.8 Å². The van der Waals surface area contributed by atoms with Crippen molar-refractivity contribution in [1.82, 2.24) is 20.3 Å². The van der Waals surface area contributed by atoms with Crippen LogP contribution in [0.15, 0.2) is 84.9 Å². The van der Waals surface area contributed by atoms with E-state index in [4.69, 9.17) is 15.0 Å². The van der Waals surface area contributed by atoms with Crippen molar-refractivity contribution in [3.8, 4) is 21.8 Å². The molecule has 0 saturated heterocycles. The van der Waals surface area contributed by atoms with Crippen molar-refractivity contribution in [3.63, 3.8) is 0 Å². The molecule has 2 heterocycles. The molecule has 0 spiro atoms. The summed E-state index contributed by atoms with van der Waals surface area (Å²) in [6.45, 7) is 0. The molecule has 0 unspecified atom stereocenters. The van der Waals surface area contributed by atoms with Gasteiger partial charge in [-0.1, -0.05) is 72.8 Å². The Kier molecular flexibility index (Phi) is 7.91. The molecule has 1 amide bonds. The van der Waals surface area contributed by atoms with Gasteiger partial charge in [0, 0.05) is 47.6 Å². The van der Waals surface area contributed by atoms with Gasteiger partial charge in [0.1, 0.15) is 10.8 Å². The number of carbonyl (C=O) groups excluding carboxylic acids is 1. The van der Waals surface area contributed by atoms with Crippen LogP contribution < -0.4 is 15.5 Å². The van der Waals surface area contributed by atoms with E-state index in [-0.39, 0.29) is 18.0 Å². The van der Waals surface area contributed by atoms with Crippen molar-refractivity contribution < 1.29 is 4.79 Å². The third-order valence-corrected chi connectivity index (χ3v) is 8.62. The van der Waals surface area contributed by atoms with Gasteiger partial charge >= 0.3 is 0 Å². The molecule has 0 aliphatic heterocycles. The van der Waals surface area contributed by atoms with Gasteiger partial charge in [0.25, 0.3) is 0 Å². The minimum Gasteiger partial charge on any atom is -0.362 e. The largest absolute Gasteiger partial charge is 0.362 e. The number of fused-ring (bicyclic) bond motifs is 1. The van der Waals surface area contributed by atoms with Gasteiger partial charge in [0.15, 0.2) is 0 Å². The number of hydrogen-bond acceptors (Lipinski definition) is 7. The van der Waals surface area contributed by atoms with Crippen LogP contribution in [0.3, 0.4) is 0 Å². The van der Waals surface area contributed by atoms with E-state index in [9.17, 15) is 4.79 Å². The fraction of sp³-hybridized carbons (Fsp3) is 0.273. The number of benzene rings is 3. The smallest absolute Gasteiger partial charge is 0.225 e. The summed E-state index contributed by atoms with van der Waals surface area (Å²) in [5, 5.41) is 8.84. The molecule has 6 rings (SSSR count). The summed E-state index contributed by atoms with van der Waals surface area (Å²) in [7, 11) is 4.01. The lowest BCUT2D eigenvalue weighted by Gasteiger charge is -2.30. The van der Waals surface area contributed by atoms with Crippen molar-refractivity contribution in [3.05, 3.63) is 89.8 Å². The van der Waals surface area contributed by atoms with E-state index in [1.54, 1.807) is 11.3 Å². The predicted octanol–water partition coefficient (Wildman–Crippen LogP) is 6.57. The van der Waals surface area contributed by atoms with Crippen molar-refractivity contribution >= 4 is 39.9 Å².